The monoisotopic (exact) mass is 301 g/mol. The molecule has 2 N–H and O–H groups in total. The number of nitrogens with two attached hydrogens (primary N) is 1. The maximum atomic E-state index is 12.1. The molecule has 114 valence electrons. The van der Waals surface area contributed by atoms with Crippen LogP contribution in [0, 0.1) is 0 Å². The smallest absolute Gasteiger partial charge is 0.462 e. The second kappa shape index (κ2) is 6.19. The van der Waals surface area contributed by atoms with Gasteiger partial charge >= 0.3 is 6.36 Å². The molecule has 0 saturated heterocycles. The molecule has 2 rings (SSSR count). The Morgan fingerprint density at radius 2 is 1.81 bits per heavy atom. The van der Waals surface area contributed by atoms with Gasteiger partial charge in [-0.25, -0.2) is 0 Å². The Morgan fingerprint density at radius 3 is 2.38 bits per heavy atom. The molecule has 0 aliphatic carbocycles. The van der Waals surface area contributed by atoms with Crippen LogP contribution < -0.4 is 10.5 Å². The molecule has 0 aliphatic rings. The second-order valence-corrected chi connectivity index (χ2v) is 4.33. The van der Waals surface area contributed by atoms with E-state index < -0.39 is 12.4 Å². The van der Waals surface area contributed by atoms with Crippen LogP contribution in [0.5, 0.6) is 5.75 Å². The van der Waals surface area contributed by atoms with Gasteiger partial charge in [0.2, 0.25) is 0 Å². The number of halogens is 3. The molecular weight excluding hydrogens is 287 g/mol. The van der Waals surface area contributed by atoms with E-state index in [4.69, 9.17) is 14.9 Å². The third-order valence-corrected chi connectivity index (χ3v) is 2.75. The largest absolute Gasteiger partial charge is 0.573 e. The van der Waals surface area contributed by atoms with E-state index in [-0.39, 0.29) is 5.75 Å². The molecule has 0 aliphatic heterocycles. The minimum atomic E-state index is -4.71. The molecule has 7 heteroatoms. The summed E-state index contributed by atoms with van der Waals surface area (Å²) in [6.07, 6.45) is -4.71. The highest BCUT2D eigenvalue weighted by atomic mass is 19.4. The summed E-state index contributed by atoms with van der Waals surface area (Å²) >= 11 is 0. The first-order valence-corrected chi connectivity index (χ1v) is 6.08. The van der Waals surface area contributed by atoms with Gasteiger partial charge in [0.1, 0.15) is 23.9 Å². The van der Waals surface area contributed by atoms with Crippen LogP contribution >= 0.6 is 0 Å². The third-order valence-electron chi connectivity index (χ3n) is 2.75. The first-order valence-electron chi connectivity index (χ1n) is 6.08. The van der Waals surface area contributed by atoms with Crippen molar-refractivity contribution in [3.8, 4) is 5.75 Å². The summed E-state index contributed by atoms with van der Waals surface area (Å²) in [5, 5.41) is 0. The van der Waals surface area contributed by atoms with E-state index in [1.54, 1.807) is 19.2 Å². The fourth-order valence-corrected chi connectivity index (χ4v) is 1.82. The molecule has 2 aromatic rings. The van der Waals surface area contributed by atoms with Gasteiger partial charge in [0.05, 0.1) is 6.04 Å². The molecule has 0 spiro atoms. The number of furan rings is 1. The maximum Gasteiger partial charge on any atom is 0.573 e. The number of alkyl halides is 3. The number of ether oxygens (including phenoxy) is 2. The van der Waals surface area contributed by atoms with Gasteiger partial charge < -0.3 is 19.6 Å². The number of hydrogen-bond acceptors (Lipinski definition) is 4. The van der Waals surface area contributed by atoms with E-state index in [9.17, 15) is 13.2 Å². The minimum Gasteiger partial charge on any atom is -0.462 e. The van der Waals surface area contributed by atoms with E-state index in [1.165, 1.54) is 24.3 Å². The zero-order chi connectivity index (χ0) is 15.5. The maximum absolute atomic E-state index is 12.1. The molecule has 0 fully saturated rings. The predicted octanol–water partition coefficient (Wildman–Crippen LogP) is 3.37. The standard InChI is InChI=1S/C14H14F3NO3/c1-19-8-11-6-7-12(20-11)13(18)9-2-4-10(5-3-9)21-14(15,16)17/h2-7,13H,8,18H2,1H3. The van der Waals surface area contributed by atoms with Crippen LogP contribution in [0.3, 0.4) is 0 Å². The van der Waals surface area contributed by atoms with Crippen LogP contribution in [-0.4, -0.2) is 13.5 Å². The van der Waals surface area contributed by atoms with Crippen LogP contribution in [0.2, 0.25) is 0 Å². The minimum absolute atomic E-state index is 0.294. The highest BCUT2D eigenvalue weighted by Crippen LogP contribution is 2.26. The summed E-state index contributed by atoms with van der Waals surface area (Å²) < 4.78 is 50.4. The summed E-state index contributed by atoms with van der Waals surface area (Å²) in [6.45, 7) is 0.324. The zero-order valence-corrected chi connectivity index (χ0v) is 11.2. The lowest BCUT2D eigenvalue weighted by molar-refractivity contribution is -0.274. The van der Waals surface area contributed by atoms with Gasteiger partial charge in [-0.3, -0.25) is 0 Å². The van der Waals surface area contributed by atoms with Crippen molar-refractivity contribution in [3.63, 3.8) is 0 Å². The van der Waals surface area contributed by atoms with E-state index in [1.807, 2.05) is 0 Å². The molecule has 21 heavy (non-hydrogen) atoms. The zero-order valence-electron chi connectivity index (χ0n) is 11.2. The summed E-state index contributed by atoms with van der Waals surface area (Å²) in [6, 6.07) is 8.21. The summed E-state index contributed by atoms with van der Waals surface area (Å²) in [5.41, 5.74) is 6.62. The van der Waals surface area contributed by atoms with Crippen molar-refractivity contribution in [3.05, 3.63) is 53.5 Å². The fraction of sp³-hybridized carbons (Fsp3) is 0.286. The Bertz CT molecular complexity index is 578. The SMILES string of the molecule is COCc1ccc(C(N)c2ccc(OC(F)(F)F)cc2)o1. The van der Waals surface area contributed by atoms with E-state index >= 15 is 0 Å². The van der Waals surface area contributed by atoms with Gasteiger partial charge in [0.15, 0.2) is 0 Å². The van der Waals surface area contributed by atoms with Crippen LogP contribution in [0.4, 0.5) is 13.2 Å². The quantitative estimate of drug-likeness (QED) is 0.920. The molecule has 0 bridgehead atoms. The van der Waals surface area contributed by atoms with Crippen LogP contribution in [-0.2, 0) is 11.3 Å². The number of rotatable bonds is 5. The average Bonchev–Trinajstić information content (AvgIpc) is 2.86. The van der Waals surface area contributed by atoms with E-state index in [0.717, 1.165) is 0 Å². The van der Waals surface area contributed by atoms with Crippen LogP contribution in [0.15, 0.2) is 40.8 Å². The average molecular weight is 301 g/mol. The lowest BCUT2D eigenvalue weighted by Gasteiger charge is -2.12. The lowest BCUT2D eigenvalue weighted by Crippen LogP contribution is -2.17. The van der Waals surface area contributed by atoms with Gasteiger partial charge in [0.25, 0.3) is 0 Å². The second-order valence-electron chi connectivity index (χ2n) is 4.33. The van der Waals surface area contributed by atoms with Gasteiger partial charge in [-0.05, 0) is 29.8 Å². The first-order chi connectivity index (χ1) is 9.89. The topological polar surface area (TPSA) is 57.6 Å². The fourth-order valence-electron chi connectivity index (χ4n) is 1.82. The molecule has 4 nitrogen and oxygen atoms in total. The first kappa shape index (κ1) is 15.4. The molecule has 1 aromatic carbocycles. The highest BCUT2D eigenvalue weighted by molar-refractivity contribution is 5.32. The van der Waals surface area contributed by atoms with Crippen molar-refractivity contribution in [2.75, 3.05) is 7.11 Å². The number of methoxy groups -OCH3 is 1. The number of benzene rings is 1. The molecule has 1 atom stereocenters. The lowest BCUT2D eigenvalue weighted by atomic mass is 10.1. The van der Waals surface area contributed by atoms with Crippen molar-refractivity contribution < 1.29 is 27.1 Å². The van der Waals surface area contributed by atoms with Gasteiger partial charge in [0, 0.05) is 7.11 Å². The van der Waals surface area contributed by atoms with Crippen molar-refractivity contribution >= 4 is 0 Å². The predicted molar refractivity (Wildman–Crippen MR) is 68.6 cm³/mol. The molecule has 0 saturated carbocycles. The molecule has 1 heterocycles. The molecular formula is C14H14F3NO3. The van der Waals surface area contributed by atoms with Crippen molar-refractivity contribution in [1.29, 1.82) is 0 Å². The van der Waals surface area contributed by atoms with E-state index in [2.05, 4.69) is 4.74 Å². The van der Waals surface area contributed by atoms with Gasteiger partial charge in [-0.1, -0.05) is 12.1 Å². The van der Waals surface area contributed by atoms with Crippen molar-refractivity contribution in [2.24, 2.45) is 5.73 Å². The normalized spacial score (nSPS) is 13.2. The Hall–Kier alpha value is -1.99. The Balaban J connectivity index is 2.10. The summed E-state index contributed by atoms with van der Waals surface area (Å²) in [7, 11) is 1.54. The van der Waals surface area contributed by atoms with Gasteiger partial charge in [-0.15, -0.1) is 13.2 Å². The third kappa shape index (κ3) is 4.24. The van der Waals surface area contributed by atoms with E-state index in [0.29, 0.717) is 23.7 Å². The van der Waals surface area contributed by atoms with Crippen molar-refractivity contribution in [1.82, 2.24) is 0 Å². The summed E-state index contributed by atoms with van der Waals surface area (Å²) in [5.74, 6) is 0.837. The molecule has 0 amide bonds. The highest BCUT2D eigenvalue weighted by Gasteiger charge is 2.31. The Labute approximate surface area is 119 Å². The van der Waals surface area contributed by atoms with Gasteiger partial charge in [-0.2, -0.15) is 0 Å². The Morgan fingerprint density at radius 1 is 1.14 bits per heavy atom. The summed E-state index contributed by atoms with van der Waals surface area (Å²) in [4.78, 5) is 0. The number of hydrogen-bond donors (Lipinski definition) is 1. The van der Waals surface area contributed by atoms with Crippen LogP contribution in [0.25, 0.3) is 0 Å². The van der Waals surface area contributed by atoms with Crippen molar-refractivity contribution in [2.45, 2.75) is 19.0 Å². The molecule has 1 unspecified atom stereocenters. The Kier molecular flexibility index (Phi) is 4.54. The van der Waals surface area contributed by atoms with Crippen LogP contribution in [0.1, 0.15) is 23.1 Å². The molecule has 1 aromatic heterocycles. The molecule has 0 radical (unpaired) electrons.